The first kappa shape index (κ1) is 19.9. The molecular formula is C19H20ClN3O2S2. The van der Waals surface area contributed by atoms with E-state index in [4.69, 9.17) is 11.6 Å². The van der Waals surface area contributed by atoms with E-state index < -0.39 is 0 Å². The van der Waals surface area contributed by atoms with Crippen LogP contribution in [0.5, 0.6) is 0 Å². The number of benzene rings is 1. The van der Waals surface area contributed by atoms with Gasteiger partial charge in [-0.1, -0.05) is 43.3 Å². The number of halogens is 1. The third-order valence-electron chi connectivity index (χ3n) is 3.95. The molecule has 1 aromatic carbocycles. The zero-order valence-corrected chi connectivity index (χ0v) is 17.7. The minimum atomic E-state index is -0.166. The second-order valence-electron chi connectivity index (χ2n) is 6.59. The zero-order chi connectivity index (χ0) is 19.6. The summed E-state index contributed by atoms with van der Waals surface area (Å²) in [6.45, 7) is 6.52. The Kier molecular flexibility index (Phi) is 6.24. The predicted octanol–water partition coefficient (Wildman–Crippen LogP) is 4.81. The SMILES string of the molecule is Cc1c(Cl)cccc1NC(=O)CSc1nc2ccsc2c(=O)n1CC(C)C. The van der Waals surface area contributed by atoms with Gasteiger partial charge in [0.05, 0.1) is 11.3 Å². The highest BCUT2D eigenvalue weighted by Gasteiger charge is 2.15. The Morgan fingerprint density at radius 2 is 2.15 bits per heavy atom. The molecule has 0 aliphatic rings. The van der Waals surface area contributed by atoms with E-state index >= 15 is 0 Å². The fourth-order valence-electron chi connectivity index (χ4n) is 2.62. The molecule has 0 bridgehead atoms. The summed E-state index contributed by atoms with van der Waals surface area (Å²) in [5.41, 5.74) is 2.15. The number of anilines is 1. The molecule has 0 radical (unpaired) electrons. The van der Waals surface area contributed by atoms with Gasteiger partial charge in [-0.2, -0.15) is 0 Å². The van der Waals surface area contributed by atoms with E-state index in [2.05, 4.69) is 10.3 Å². The largest absolute Gasteiger partial charge is 0.325 e. The summed E-state index contributed by atoms with van der Waals surface area (Å²) < 4.78 is 2.32. The average molecular weight is 422 g/mol. The molecule has 5 nitrogen and oxygen atoms in total. The lowest BCUT2D eigenvalue weighted by molar-refractivity contribution is -0.113. The molecular weight excluding hydrogens is 402 g/mol. The summed E-state index contributed by atoms with van der Waals surface area (Å²) in [6, 6.07) is 7.23. The Hall–Kier alpha value is -1.83. The minimum absolute atomic E-state index is 0.0442. The highest BCUT2D eigenvalue weighted by atomic mass is 35.5. The monoisotopic (exact) mass is 421 g/mol. The summed E-state index contributed by atoms with van der Waals surface area (Å²) in [5, 5.41) is 5.91. The van der Waals surface area contributed by atoms with Crippen LogP contribution in [0.25, 0.3) is 10.2 Å². The second kappa shape index (κ2) is 8.46. The van der Waals surface area contributed by atoms with Crippen molar-refractivity contribution in [3.63, 3.8) is 0 Å². The number of aromatic nitrogens is 2. The van der Waals surface area contributed by atoms with Crippen molar-refractivity contribution in [2.45, 2.75) is 32.5 Å². The number of rotatable bonds is 6. The maximum Gasteiger partial charge on any atom is 0.272 e. The first-order valence-electron chi connectivity index (χ1n) is 8.52. The molecule has 3 rings (SSSR count). The average Bonchev–Trinajstić information content (AvgIpc) is 3.08. The Labute approximate surface area is 170 Å². The van der Waals surface area contributed by atoms with Crippen LogP contribution >= 0.6 is 34.7 Å². The van der Waals surface area contributed by atoms with E-state index in [1.54, 1.807) is 16.7 Å². The van der Waals surface area contributed by atoms with Crippen molar-refractivity contribution in [1.82, 2.24) is 9.55 Å². The number of fused-ring (bicyclic) bond motifs is 1. The summed E-state index contributed by atoms with van der Waals surface area (Å²) in [5.74, 6) is 0.289. The normalized spacial score (nSPS) is 11.3. The fraction of sp³-hybridized carbons (Fsp3) is 0.316. The van der Waals surface area contributed by atoms with Gasteiger partial charge in [0.15, 0.2) is 5.16 Å². The summed E-state index contributed by atoms with van der Waals surface area (Å²) in [6.07, 6.45) is 0. The van der Waals surface area contributed by atoms with Gasteiger partial charge < -0.3 is 5.32 Å². The van der Waals surface area contributed by atoms with Crippen molar-refractivity contribution in [2.75, 3.05) is 11.1 Å². The van der Waals surface area contributed by atoms with Crippen molar-refractivity contribution in [3.8, 4) is 0 Å². The number of amides is 1. The predicted molar refractivity (Wildman–Crippen MR) is 114 cm³/mol. The molecule has 2 heterocycles. The molecule has 2 aromatic heterocycles. The molecule has 0 aliphatic heterocycles. The highest BCUT2D eigenvalue weighted by molar-refractivity contribution is 7.99. The molecule has 0 unspecified atom stereocenters. The minimum Gasteiger partial charge on any atom is -0.325 e. The van der Waals surface area contributed by atoms with E-state index in [1.807, 2.05) is 38.3 Å². The van der Waals surface area contributed by atoms with Gasteiger partial charge in [-0.15, -0.1) is 11.3 Å². The Morgan fingerprint density at radius 1 is 1.37 bits per heavy atom. The van der Waals surface area contributed by atoms with Crippen molar-refractivity contribution >= 4 is 56.5 Å². The summed E-state index contributed by atoms with van der Waals surface area (Å²) in [4.78, 5) is 29.8. The van der Waals surface area contributed by atoms with E-state index in [1.165, 1.54) is 23.1 Å². The van der Waals surface area contributed by atoms with Gasteiger partial charge in [-0.05, 0) is 42.0 Å². The maximum absolute atomic E-state index is 12.8. The maximum atomic E-state index is 12.8. The molecule has 142 valence electrons. The molecule has 0 atom stereocenters. The van der Waals surface area contributed by atoms with Crippen LogP contribution in [0.1, 0.15) is 19.4 Å². The van der Waals surface area contributed by atoms with Crippen LogP contribution in [0.15, 0.2) is 39.6 Å². The van der Waals surface area contributed by atoms with Gasteiger partial charge in [0, 0.05) is 17.3 Å². The van der Waals surface area contributed by atoms with Crippen LogP contribution in [-0.2, 0) is 11.3 Å². The Bertz CT molecular complexity index is 1040. The van der Waals surface area contributed by atoms with Gasteiger partial charge in [-0.25, -0.2) is 4.98 Å². The first-order valence-corrected chi connectivity index (χ1v) is 10.8. The quantitative estimate of drug-likeness (QED) is 0.458. The van der Waals surface area contributed by atoms with Crippen molar-refractivity contribution in [1.29, 1.82) is 0 Å². The molecule has 0 saturated carbocycles. The van der Waals surface area contributed by atoms with Crippen LogP contribution in [-0.4, -0.2) is 21.2 Å². The van der Waals surface area contributed by atoms with Crippen LogP contribution in [0.3, 0.4) is 0 Å². The molecule has 8 heteroatoms. The van der Waals surface area contributed by atoms with Gasteiger partial charge in [0.1, 0.15) is 4.70 Å². The number of nitrogens with one attached hydrogen (secondary N) is 1. The Balaban J connectivity index is 1.80. The van der Waals surface area contributed by atoms with Gasteiger partial charge in [0.2, 0.25) is 5.91 Å². The van der Waals surface area contributed by atoms with Crippen LogP contribution in [0.4, 0.5) is 5.69 Å². The Morgan fingerprint density at radius 3 is 2.89 bits per heavy atom. The molecule has 3 aromatic rings. The van der Waals surface area contributed by atoms with Gasteiger partial charge in [-0.3, -0.25) is 14.2 Å². The third kappa shape index (κ3) is 4.54. The lowest BCUT2D eigenvalue weighted by Crippen LogP contribution is -2.25. The lowest BCUT2D eigenvalue weighted by atomic mass is 10.2. The van der Waals surface area contributed by atoms with Crippen molar-refractivity contribution < 1.29 is 4.79 Å². The second-order valence-corrected chi connectivity index (χ2v) is 8.85. The number of carbonyl (C=O) groups excluding carboxylic acids is 1. The number of nitrogens with zero attached hydrogens (tertiary/aromatic N) is 2. The van der Waals surface area contributed by atoms with Crippen LogP contribution < -0.4 is 10.9 Å². The number of hydrogen-bond donors (Lipinski definition) is 1. The first-order chi connectivity index (χ1) is 12.9. The van der Waals surface area contributed by atoms with E-state index in [9.17, 15) is 9.59 Å². The van der Waals surface area contributed by atoms with Crippen molar-refractivity contribution in [3.05, 3.63) is 50.6 Å². The number of thiophene rings is 1. The van der Waals surface area contributed by atoms with Crippen LogP contribution in [0, 0.1) is 12.8 Å². The summed E-state index contributed by atoms with van der Waals surface area (Å²) in [7, 11) is 0. The summed E-state index contributed by atoms with van der Waals surface area (Å²) >= 11 is 8.76. The van der Waals surface area contributed by atoms with Crippen LogP contribution in [0.2, 0.25) is 5.02 Å². The number of hydrogen-bond acceptors (Lipinski definition) is 5. The molecule has 1 N–H and O–H groups in total. The third-order valence-corrected chi connectivity index (χ3v) is 6.23. The van der Waals surface area contributed by atoms with Crippen molar-refractivity contribution in [2.24, 2.45) is 5.92 Å². The molecule has 0 aliphatic carbocycles. The topological polar surface area (TPSA) is 64.0 Å². The van der Waals surface area contributed by atoms with Gasteiger partial charge >= 0.3 is 0 Å². The van der Waals surface area contributed by atoms with E-state index in [0.29, 0.717) is 38.5 Å². The van der Waals surface area contributed by atoms with E-state index in [-0.39, 0.29) is 17.2 Å². The van der Waals surface area contributed by atoms with E-state index in [0.717, 1.165) is 5.56 Å². The lowest BCUT2D eigenvalue weighted by Gasteiger charge is -2.14. The molecule has 27 heavy (non-hydrogen) atoms. The number of thioether (sulfide) groups is 1. The molecule has 0 fully saturated rings. The standard InChI is InChI=1S/C19H20ClN3O2S2/c1-11(2)9-23-18(25)17-15(7-8-26-17)22-19(23)27-10-16(24)21-14-6-4-5-13(20)12(14)3/h4-8,11H,9-10H2,1-3H3,(H,21,24). The fourth-order valence-corrected chi connectivity index (χ4v) is 4.38. The molecule has 0 spiro atoms. The smallest absolute Gasteiger partial charge is 0.272 e. The van der Waals surface area contributed by atoms with Gasteiger partial charge in [0.25, 0.3) is 5.56 Å². The number of carbonyl (C=O) groups is 1. The zero-order valence-electron chi connectivity index (χ0n) is 15.3. The molecule has 1 amide bonds. The highest BCUT2D eigenvalue weighted by Crippen LogP contribution is 2.24. The molecule has 0 saturated heterocycles.